The van der Waals surface area contributed by atoms with E-state index >= 15 is 0 Å². The summed E-state index contributed by atoms with van der Waals surface area (Å²) >= 11 is 0. The summed E-state index contributed by atoms with van der Waals surface area (Å²) < 4.78 is 5.61. The molecule has 0 saturated carbocycles. The molecule has 1 unspecified atom stereocenters. The predicted octanol–water partition coefficient (Wildman–Crippen LogP) is 2.29. The minimum Gasteiger partial charge on any atom is -0.464 e. The van der Waals surface area contributed by atoms with Crippen molar-refractivity contribution in [3.63, 3.8) is 0 Å². The second kappa shape index (κ2) is 4.28. The van der Waals surface area contributed by atoms with Crippen molar-refractivity contribution in [3.8, 4) is 0 Å². The van der Waals surface area contributed by atoms with E-state index in [1.807, 2.05) is 38.2 Å². The van der Waals surface area contributed by atoms with Crippen molar-refractivity contribution < 1.29 is 4.42 Å². The van der Waals surface area contributed by atoms with Gasteiger partial charge in [0.25, 0.3) is 0 Å². The van der Waals surface area contributed by atoms with Crippen LogP contribution in [0.15, 0.2) is 41.1 Å². The summed E-state index contributed by atoms with van der Waals surface area (Å²) in [6.45, 7) is 1.95. The first-order valence-electron chi connectivity index (χ1n) is 4.95. The average Bonchev–Trinajstić information content (AvgIpc) is 2.68. The quantitative estimate of drug-likeness (QED) is 0.829. The third-order valence-corrected chi connectivity index (χ3v) is 2.37. The van der Waals surface area contributed by atoms with Gasteiger partial charge >= 0.3 is 0 Å². The topological polar surface area (TPSA) is 38.1 Å². The lowest BCUT2D eigenvalue weighted by Gasteiger charge is -2.13. The average molecular weight is 202 g/mol. The van der Waals surface area contributed by atoms with E-state index in [1.54, 1.807) is 12.4 Å². The SMILES string of the molecule is CNC(c1ccncc1)c1ccc(C)o1. The van der Waals surface area contributed by atoms with Gasteiger partial charge in [0.1, 0.15) is 11.5 Å². The number of furan rings is 1. The molecule has 3 heteroatoms. The van der Waals surface area contributed by atoms with E-state index in [0.29, 0.717) is 0 Å². The van der Waals surface area contributed by atoms with Gasteiger partial charge in [-0.3, -0.25) is 4.98 Å². The number of pyridine rings is 1. The molecule has 2 heterocycles. The third-order valence-electron chi connectivity index (χ3n) is 2.37. The lowest BCUT2D eigenvalue weighted by molar-refractivity contribution is 0.444. The highest BCUT2D eigenvalue weighted by atomic mass is 16.3. The molecule has 0 aliphatic rings. The van der Waals surface area contributed by atoms with Crippen LogP contribution in [-0.4, -0.2) is 12.0 Å². The van der Waals surface area contributed by atoms with Crippen molar-refractivity contribution in [1.82, 2.24) is 10.3 Å². The number of nitrogens with zero attached hydrogens (tertiary/aromatic N) is 1. The second-order valence-electron chi connectivity index (χ2n) is 3.45. The lowest BCUT2D eigenvalue weighted by Crippen LogP contribution is -2.16. The minimum atomic E-state index is 0.0988. The van der Waals surface area contributed by atoms with Crippen LogP contribution in [0.3, 0.4) is 0 Å². The molecular formula is C12H14N2O. The summed E-state index contributed by atoms with van der Waals surface area (Å²) in [7, 11) is 1.92. The molecule has 3 nitrogen and oxygen atoms in total. The maximum atomic E-state index is 5.61. The molecule has 78 valence electrons. The van der Waals surface area contributed by atoms with Crippen molar-refractivity contribution >= 4 is 0 Å². The second-order valence-corrected chi connectivity index (χ2v) is 3.45. The van der Waals surface area contributed by atoms with Gasteiger partial charge in [0, 0.05) is 12.4 Å². The molecule has 0 aliphatic heterocycles. The van der Waals surface area contributed by atoms with E-state index in [0.717, 1.165) is 17.1 Å². The number of nitrogens with one attached hydrogen (secondary N) is 1. The van der Waals surface area contributed by atoms with Crippen molar-refractivity contribution in [2.24, 2.45) is 0 Å². The third kappa shape index (κ3) is 2.07. The zero-order valence-electron chi connectivity index (χ0n) is 8.90. The van der Waals surface area contributed by atoms with Crippen LogP contribution in [0.25, 0.3) is 0 Å². The van der Waals surface area contributed by atoms with Gasteiger partial charge < -0.3 is 9.73 Å². The van der Waals surface area contributed by atoms with Crippen molar-refractivity contribution in [2.45, 2.75) is 13.0 Å². The van der Waals surface area contributed by atoms with Crippen LogP contribution in [-0.2, 0) is 0 Å². The summed E-state index contributed by atoms with van der Waals surface area (Å²) in [5, 5.41) is 3.23. The van der Waals surface area contributed by atoms with Crippen LogP contribution in [0.1, 0.15) is 23.1 Å². The van der Waals surface area contributed by atoms with Crippen molar-refractivity contribution in [2.75, 3.05) is 7.05 Å². The van der Waals surface area contributed by atoms with Crippen molar-refractivity contribution in [1.29, 1.82) is 0 Å². The zero-order chi connectivity index (χ0) is 10.7. The summed E-state index contributed by atoms with van der Waals surface area (Å²) in [5.74, 6) is 1.86. The molecule has 0 amide bonds. The monoisotopic (exact) mass is 202 g/mol. The highest BCUT2D eigenvalue weighted by Crippen LogP contribution is 2.22. The van der Waals surface area contributed by atoms with Crippen LogP contribution in [0, 0.1) is 6.92 Å². The van der Waals surface area contributed by atoms with Crippen LogP contribution in [0.5, 0.6) is 0 Å². The first-order chi connectivity index (χ1) is 7.31. The fourth-order valence-electron chi connectivity index (χ4n) is 1.64. The van der Waals surface area contributed by atoms with Gasteiger partial charge in [0.15, 0.2) is 0 Å². The molecule has 0 saturated heterocycles. The number of aryl methyl sites for hydroxylation is 1. The standard InChI is InChI=1S/C12H14N2O/c1-9-3-4-11(15-9)12(13-2)10-5-7-14-8-6-10/h3-8,12-13H,1-2H3. The Balaban J connectivity index is 2.33. The molecule has 15 heavy (non-hydrogen) atoms. The molecule has 2 rings (SSSR count). The number of hydrogen-bond donors (Lipinski definition) is 1. The molecule has 0 spiro atoms. The Labute approximate surface area is 89.1 Å². The van der Waals surface area contributed by atoms with Gasteiger partial charge in [-0.05, 0) is 43.8 Å². The van der Waals surface area contributed by atoms with E-state index in [9.17, 15) is 0 Å². The summed E-state index contributed by atoms with van der Waals surface area (Å²) in [4.78, 5) is 4.00. The van der Waals surface area contributed by atoms with Crippen molar-refractivity contribution in [3.05, 3.63) is 53.7 Å². The summed E-state index contributed by atoms with van der Waals surface area (Å²) in [5.41, 5.74) is 1.15. The maximum absolute atomic E-state index is 5.61. The lowest BCUT2D eigenvalue weighted by atomic mass is 10.1. The van der Waals surface area contributed by atoms with E-state index in [-0.39, 0.29) is 6.04 Å². The van der Waals surface area contributed by atoms with Gasteiger partial charge in [-0.1, -0.05) is 0 Å². The Kier molecular flexibility index (Phi) is 2.83. The van der Waals surface area contributed by atoms with E-state index < -0.39 is 0 Å². The fraction of sp³-hybridized carbons (Fsp3) is 0.250. The molecule has 2 aromatic heterocycles. The smallest absolute Gasteiger partial charge is 0.125 e. The molecule has 1 N–H and O–H groups in total. The summed E-state index contributed by atoms with van der Waals surface area (Å²) in [6, 6.07) is 8.04. The zero-order valence-corrected chi connectivity index (χ0v) is 8.90. The Morgan fingerprint density at radius 3 is 2.47 bits per heavy atom. The highest BCUT2D eigenvalue weighted by Gasteiger charge is 2.14. The van der Waals surface area contributed by atoms with Gasteiger partial charge in [0.2, 0.25) is 0 Å². The predicted molar refractivity (Wildman–Crippen MR) is 58.6 cm³/mol. The van der Waals surface area contributed by atoms with Crippen LogP contribution >= 0.6 is 0 Å². The molecule has 0 aromatic carbocycles. The van der Waals surface area contributed by atoms with Gasteiger partial charge in [-0.25, -0.2) is 0 Å². The number of aromatic nitrogens is 1. The summed E-state index contributed by atoms with van der Waals surface area (Å²) in [6.07, 6.45) is 3.57. The molecule has 0 bridgehead atoms. The van der Waals surface area contributed by atoms with E-state index in [2.05, 4.69) is 10.3 Å². The first-order valence-corrected chi connectivity index (χ1v) is 4.95. The highest BCUT2D eigenvalue weighted by molar-refractivity contribution is 5.25. The van der Waals surface area contributed by atoms with Crippen LogP contribution < -0.4 is 5.32 Å². The largest absolute Gasteiger partial charge is 0.464 e. The molecule has 0 aliphatic carbocycles. The Bertz CT molecular complexity index is 422. The minimum absolute atomic E-state index is 0.0988. The Morgan fingerprint density at radius 1 is 1.20 bits per heavy atom. The fourth-order valence-corrected chi connectivity index (χ4v) is 1.64. The van der Waals surface area contributed by atoms with E-state index in [1.165, 1.54) is 0 Å². The molecule has 2 aromatic rings. The van der Waals surface area contributed by atoms with Crippen LogP contribution in [0.2, 0.25) is 0 Å². The number of rotatable bonds is 3. The first kappa shape index (κ1) is 9.93. The molecular weight excluding hydrogens is 188 g/mol. The molecule has 0 fully saturated rings. The number of hydrogen-bond acceptors (Lipinski definition) is 3. The maximum Gasteiger partial charge on any atom is 0.125 e. The van der Waals surface area contributed by atoms with Crippen LogP contribution in [0.4, 0.5) is 0 Å². The normalized spacial score (nSPS) is 12.7. The van der Waals surface area contributed by atoms with Gasteiger partial charge in [-0.15, -0.1) is 0 Å². The van der Waals surface area contributed by atoms with E-state index in [4.69, 9.17) is 4.42 Å². The van der Waals surface area contributed by atoms with Gasteiger partial charge in [0.05, 0.1) is 6.04 Å². The van der Waals surface area contributed by atoms with Gasteiger partial charge in [-0.2, -0.15) is 0 Å². The Morgan fingerprint density at radius 2 is 1.93 bits per heavy atom. The Hall–Kier alpha value is -1.61. The molecule has 1 atom stereocenters. The molecule has 0 radical (unpaired) electrons.